The van der Waals surface area contributed by atoms with E-state index in [1.165, 1.54) is 23.5 Å². The highest BCUT2D eigenvalue weighted by Crippen LogP contribution is 2.26. The van der Waals surface area contributed by atoms with E-state index >= 15 is 0 Å². The predicted octanol–water partition coefficient (Wildman–Crippen LogP) is 3.56. The SMILES string of the molecule is COc1ccc(CONC(=O)C(C(C)C)N(Cc2cccnc2)S(=O)(=O)c2ccc(OC)cc2)cc1. The molecule has 1 N–H and O–H groups in total. The van der Waals surface area contributed by atoms with Crippen molar-refractivity contribution in [3.63, 3.8) is 0 Å². The quantitative estimate of drug-likeness (QED) is 0.369. The zero-order valence-corrected chi connectivity index (χ0v) is 21.6. The molecule has 0 bridgehead atoms. The molecule has 1 amide bonds. The van der Waals surface area contributed by atoms with E-state index in [1.807, 2.05) is 12.1 Å². The fourth-order valence-electron chi connectivity index (χ4n) is 3.63. The lowest BCUT2D eigenvalue weighted by atomic mass is 10.0. The van der Waals surface area contributed by atoms with Gasteiger partial charge in [0.15, 0.2) is 0 Å². The zero-order valence-electron chi connectivity index (χ0n) is 20.7. The van der Waals surface area contributed by atoms with Gasteiger partial charge in [0.25, 0.3) is 5.91 Å². The van der Waals surface area contributed by atoms with E-state index in [4.69, 9.17) is 14.3 Å². The average molecular weight is 514 g/mol. The number of hydrogen-bond donors (Lipinski definition) is 1. The molecular formula is C26H31N3O6S. The minimum atomic E-state index is -4.08. The largest absolute Gasteiger partial charge is 0.497 e. The van der Waals surface area contributed by atoms with Gasteiger partial charge in [-0.2, -0.15) is 4.31 Å². The van der Waals surface area contributed by atoms with Crippen LogP contribution in [-0.4, -0.2) is 43.9 Å². The highest BCUT2D eigenvalue weighted by Gasteiger charge is 2.38. The predicted molar refractivity (Wildman–Crippen MR) is 135 cm³/mol. The van der Waals surface area contributed by atoms with Crippen molar-refractivity contribution >= 4 is 15.9 Å². The summed E-state index contributed by atoms with van der Waals surface area (Å²) in [6.45, 7) is 3.63. The first-order valence-electron chi connectivity index (χ1n) is 11.4. The van der Waals surface area contributed by atoms with Gasteiger partial charge >= 0.3 is 0 Å². The molecular weight excluding hydrogens is 482 g/mol. The molecule has 0 spiro atoms. The Morgan fingerprint density at radius 2 is 1.56 bits per heavy atom. The molecule has 0 radical (unpaired) electrons. The molecule has 0 aliphatic carbocycles. The normalized spacial score (nSPS) is 12.4. The van der Waals surface area contributed by atoms with Gasteiger partial charge in [-0.15, -0.1) is 0 Å². The van der Waals surface area contributed by atoms with Crippen LogP contribution in [0.1, 0.15) is 25.0 Å². The van der Waals surface area contributed by atoms with Crippen molar-refractivity contribution in [2.45, 2.75) is 37.9 Å². The van der Waals surface area contributed by atoms with Gasteiger partial charge in [0.05, 0.1) is 25.7 Å². The van der Waals surface area contributed by atoms with Crippen LogP contribution in [0, 0.1) is 5.92 Å². The standard InChI is InChI=1S/C26H31N3O6S/c1-19(2)25(26(30)28-35-18-20-7-9-22(33-3)10-8-20)29(17-21-6-5-15-27-16-21)36(31,32)24-13-11-23(34-4)12-14-24/h5-16,19,25H,17-18H2,1-4H3,(H,28,30). The Morgan fingerprint density at radius 1 is 0.944 bits per heavy atom. The molecule has 0 fully saturated rings. The van der Waals surface area contributed by atoms with E-state index in [0.717, 1.165) is 5.56 Å². The molecule has 36 heavy (non-hydrogen) atoms. The molecule has 1 atom stereocenters. The third-order valence-corrected chi connectivity index (χ3v) is 7.35. The summed E-state index contributed by atoms with van der Waals surface area (Å²) in [5.41, 5.74) is 3.90. The topological polar surface area (TPSA) is 107 Å². The Hall–Kier alpha value is -3.47. The van der Waals surface area contributed by atoms with Crippen LogP contribution in [0.3, 0.4) is 0 Å². The number of hydrogen-bond acceptors (Lipinski definition) is 7. The average Bonchev–Trinajstić information content (AvgIpc) is 2.89. The second-order valence-corrected chi connectivity index (χ2v) is 10.3. The molecule has 0 aliphatic heterocycles. The van der Waals surface area contributed by atoms with E-state index in [2.05, 4.69) is 10.5 Å². The van der Waals surface area contributed by atoms with Gasteiger partial charge in [-0.05, 0) is 59.5 Å². The number of rotatable bonds is 12. The van der Waals surface area contributed by atoms with Crippen molar-refractivity contribution in [3.05, 3.63) is 84.2 Å². The van der Waals surface area contributed by atoms with Gasteiger partial charge in [0, 0.05) is 18.9 Å². The van der Waals surface area contributed by atoms with Crippen LogP contribution in [0.4, 0.5) is 0 Å². The summed E-state index contributed by atoms with van der Waals surface area (Å²) in [5, 5.41) is 0. The summed E-state index contributed by atoms with van der Waals surface area (Å²) in [5.74, 6) is 0.300. The number of pyridine rings is 1. The van der Waals surface area contributed by atoms with Gasteiger partial charge < -0.3 is 9.47 Å². The summed E-state index contributed by atoms with van der Waals surface area (Å²) in [7, 11) is -0.997. The number of sulfonamides is 1. The van der Waals surface area contributed by atoms with Gasteiger partial charge in [0.1, 0.15) is 17.5 Å². The highest BCUT2D eigenvalue weighted by atomic mass is 32.2. The maximum Gasteiger partial charge on any atom is 0.262 e. The summed E-state index contributed by atoms with van der Waals surface area (Å²) >= 11 is 0. The van der Waals surface area contributed by atoms with E-state index in [9.17, 15) is 13.2 Å². The number of methoxy groups -OCH3 is 2. The molecule has 0 saturated carbocycles. The third-order valence-electron chi connectivity index (χ3n) is 5.51. The molecule has 1 heterocycles. The van der Waals surface area contributed by atoms with Crippen LogP contribution in [0.2, 0.25) is 0 Å². The van der Waals surface area contributed by atoms with E-state index in [1.54, 1.807) is 69.7 Å². The number of ether oxygens (including phenoxy) is 2. The Morgan fingerprint density at radius 3 is 2.08 bits per heavy atom. The van der Waals surface area contributed by atoms with Crippen LogP contribution in [0.5, 0.6) is 11.5 Å². The molecule has 9 nitrogen and oxygen atoms in total. The van der Waals surface area contributed by atoms with Crippen molar-refractivity contribution in [1.82, 2.24) is 14.8 Å². The highest BCUT2D eigenvalue weighted by molar-refractivity contribution is 7.89. The van der Waals surface area contributed by atoms with E-state index in [-0.39, 0.29) is 24.0 Å². The Labute approximate surface area is 212 Å². The molecule has 3 aromatic rings. The van der Waals surface area contributed by atoms with Crippen molar-refractivity contribution in [3.8, 4) is 11.5 Å². The molecule has 0 saturated heterocycles. The fraction of sp³-hybridized carbons (Fsp3) is 0.308. The fourth-order valence-corrected chi connectivity index (χ4v) is 5.33. The summed E-state index contributed by atoms with van der Waals surface area (Å²) in [4.78, 5) is 22.9. The number of carbonyl (C=O) groups is 1. The van der Waals surface area contributed by atoms with Crippen LogP contribution in [-0.2, 0) is 32.8 Å². The Bertz CT molecular complexity index is 1220. The van der Waals surface area contributed by atoms with Crippen LogP contribution >= 0.6 is 0 Å². The molecule has 2 aromatic carbocycles. The van der Waals surface area contributed by atoms with Gasteiger partial charge in [-0.3, -0.25) is 14.6 Å². The second kappa shape index (κ2) is 12.5. The minimum Gasteiger partial charge on any atom is -0.497 e. The monoisotopic (exact) mass is 513 g/mol. The number of aromatic nitrogens is 1. The molecule has 3 rings (SSSR count). The van der Waals surface area contributed by atoms with Crippen molar-refractivity contribution in [1.29, 1.82) is 0 Å². The first kappa shape index (κ1) is 27.1. The van der Waals surface area contributed by atoms with Crippen molar-refractivity contribution in [2.75, 3.05) is 14.2 Å². The Balaban J connectivity index is 1.86. The smallest absolute Gasteiger partial charge is 0.262 e. The summed E-state index contributed by atoms with van der Waals surface area (Å²) in [6, 6.07) is 15.7. The third kappa shape index (κ3) is 6.81. The first-order valence-corrected chi connectivity index (χ1v) is 12.8. The van der Waals surface area contributed by atoms with E-state index in [0.29, 0.717) is 17.1 Å². The molecule has 10 heteroatoms. The van der Waals surface area contributed by atoms with Gasteiger partial charge in [-0.25, -0.2) is 13.9 Å². The number of carbonyl (C=O) groups excluding carboxylic acids is 1. The molecule has 192 valence electrons. The Kier molecular flexibility index (Phi) is 9.40. The van der Waals surface area contributed by atoms with Crippen molar-refractivity contribution < 1.29 is 27.5 Å². The minimum absolute atomic E-state index is 0.0447. The lowest BCUT2D eigenvalue weighted by Crippen LogP contribution is -2.51. The number of nitrogens with one attached hydrogen (secondary N) is 1. The maximum absolute atomic E-state index is 13.8. The number of hydroxylamine groups is 1. The van der Waals surface area contributed by atoms with Crippen LogP contribution in [0.25, 0.3) is 0 Å². The van der Waals surface area contributed by atoms with Crippen molar-refractivity contribution in [2.24, 2.45) is 5.92 Å². The molecule has 0 aliphatic rings. The first-order chi connectivity index (χ1) is 17.3. The van der Waals surface area contributed by atoms with Gasteiger partial charge in [-0.1, -0.05) is 32.0 Å². The summed E-state index contributed by atoms with van der Waals surface area (Å²) < 4.78 is 39.0. The van der Waals surface area contributed by atoms with Gasteiger partial charge in [0.2, 0.25) is 10.0 Å². The number of benzene rings is 2. The lowest BCUT2D eigenvalue weighted by molar-refractivity contribution is -0.140. The maximum atomic E-state index is 13.8. The second-order valence-electron chi connectivity index (χ2n) is 8.38. The van der Waals surface area contributed by atoms with Crippen LogP contribution < -0.4 is 15.0 Å². The number of amides is 1. The zero-order chi connectivity index (χ0) is 26.1. The lowest BCUT2D eigenvalue weighted by Gasteiger charge is -2.32. The molecule has 1 unspecified atom stereocenters. The summed E-state index contributed by atoms with van der Waals surface area (Å²) in [6.07, 6.45) is 3.18. The molecule has 1 aromatic heterocycles. The van der Waals surface area contributed by atoms with Crippen LogP contribution in [0.15, 0.2) is 78.0 Å². The number of nitrogens with zero attached hydrogens (tertiary/aromatic N) is 2. The van der Waals surface area contributed by atoms with E-state index < -0.39 is 22.0 Å².